The number of hydrogen-bond acceptors (Lipinski definition) is 7. The molecule has 3 aromatic carbocycles. The summed E-state index contributed by atoms with van der Waals surface area (Å²) in [4.78, 5) is 34.3. The van der Waals surface area contributed by atoms with Crippen molar-refractivity contribution in [1.82, 2.24) is 5.43 Å². The molecule has 0 aliphatic heterocycles. The monoisotopic (exact) mass is 443 g/mol. The molecule has 1 heterocycles. The quantitative estimate of drug-likeness (QED) is 0.150. The van der Waals surface area contributed by atoms with Gasteiger partial charge in [0.25, 0.3) is 0 Å². The highest BCUT2D eigenvalue weighted by Crippen LogP contribution is 2.20. The SMILES string of the molecule is O=C(Cc1cccc2ccccc12)N/N=C/c1cccc(OC(=O)c2ccc([N+](=O)[O-])o2)c1. The summed E-state index contributed by atoms with van der Waals surface area (Å²) in [6.45, 7) is 0. The van der Waals surface area contributed by atoms with Crippen LogP contribution >= 0.6 is 0 Å². The normalized spacial score (nSPS) is 10.9. The van der Waals surface area contributed by atoms with Crippen molar-refractivity contribution in [2.75, 3.05) is 0 Å². The van der Waals surface area contributed by atoms with Gasteiger partial charge in [0.1, 0.15) is 10.7 Å². The lowest BCUT2D eigenvalue weighted by Gasteiger charge is -2.05. The fourth-order valence-electron chi connectivity index (χ4n) is 3.19. The molecule has 0 atom stereocenters. The van der Waals surface area contributed by atoms with Crippen LogP contribution in [0.15, 0.2) is 88.4 Å². The van der Waals surface area contributed by atoms with Crippen molar-refractivity contribution < 1.29 is 23.7 Å². The Morgan fingerprint density at radius 2 is 1.82 bits per heavy atom. The van der Waals surface area contributed by atoms with Gasteiger partial charge in [-0.05, 0) is 40.1 Å². The smallest absolute Gasteiger partial charge is 0.421 e. The van der Waals surface area contributed by atoms with E-state index in [1.54, 1.807) is 12.1 Å². The number of hydrogen-bond donors (Lipinski definition) is 1. The van der Waals surface area contributed by atoms with E-state index in [1.807, 2.05) is 42.5 Å². The second-order valence-electron chi connectivity index (χ2n) is 6.97. The molecular formula is C24H17N3O6. The minimum absolute atomic E-state index is 0.172. The predicted octanol–water partition coefficient (Wildman–Crippen LogP) is 4.25. The fourth-order valence-corrected chi connectivity index (χ4v) is 3.19. The third-order valence-electron chi connectivity index (χ3n) is 4.68. The van der Waals surface area contributed by atoms with E-state index in [9.17, 15) is 19.7 Å². The lowest BCUT2D eigenvalue weighted by atomic mass is 10.0. The van der Waals surface area contributed by atoms with E-state index >= 15 is 0 Å². The number of rotatable bonds is 7. The Labute approximate surface area is 187 Å². The van der Waals surface area contributed by atoms with Crippen molar-refractivity contribution in [2.24, 2.45) is 5.10 Å². The molecule has 0 fully saturated rings. The maximum absolute atomic E-state index is 12.3. The Kier molecular flexibility index (Phi) is 6.21. The molecule has 1 amide bonds. The number of furan rings is 1. The van der Waals surface area contributed by atoms with E-state index in [2.05, 4.69) is 10.5 Å². The number of esters is 1. The van der Waals surface area contributed by atoms with Crippen LogP contribution in [-0.4, -0.2) is 23.0 Å². The molecular weight excluding hydrogens is 426 g/mol. The van der Waals surface area contributed by atoms with Gasteiger partial charge < -0.3 is 9.15 Å². The molecule has 0 saturated carbocycles. The molecule has 4 rings (SSSR count). The molecule has 0 aliphatic carbocycles. The molecule has 0 unspecified atom stereocenters. The van der Waals surface area contributed by atoms with Crippen LogP contribution in [0.4, 0.5) is 5.88 Å². The van der Waals surface area contributed by atoms with Crippen LogP contribution in [0.3, 0.4) is 0 Å². The first-order valence-electron chi connectivity index (χ1n) is 9.84. The second kappa shape index (κ2) is 9.56. The summed E-state index contributed by atoms with van der Waals surface area (Å²) in [6.07, 6.45) is 1.59. The highest BCUT2D eigenvalue weighted by Gasteiger charge is 2.19. The zero-order valence-corrected chi connectivity index (χ0v) is 17.1. The maximum atomic E-state index is 12.3. The average molecular weight is 443 g/mol. The number of carbonyl (C=O) groups is 2. The third kappa shape index (κ3) is 5.28. The molecule has 4 aromatic rings. The Hall–Kier alpha value is -4.79. The van der Waals surface area contributed by atoms with Gasteiger partial charge in [0.05, 0.1) is 18.7 Å². The molecule has 0 saturated heterocycles. The van der Waals surface area contributed by atoms with Crippen LogP contribution in [0.1, 0.15) is 21.7 Å². The molecule has 0 radical (unpaired) electrons. The standard InChI is InChI=1S/C24H17N3O6/c28-22(14-18-8-4-7-17-6-1-2-10-20(17)18)26-25-15-16-5-3-9-19(13-16)32-24(29)21-11-12-23(33-21)27(30)31/h1-13,15H,14H2,(H,26,28)/b25-15+. The topological polar surface area (TPSA) is 124 Å². The Balaban J connectivity index is 1.36. The Morgan fingerprint density at radius 3 is 2.64 bits per heavy atom. The molecule has 164 valence electrons. The van der Waals surface area contributed by atoms with Crippen molar-refractivity contribution in [2.45, 2.75) is 6.42 Å². The number of carbonyl (C=O) groups excluding carboxylic acids is 2. The number of benzene rings is 3. The lowest BCUT2D eigenvalue weighted by molar-refractivity contribution is -0.402. The van der Waals surface area contributed by atoms with Crippen molar-refractivity contribution >= 4 is 34.7 Å². The molecule has 0 bridgehead atoms. The van der Waals surface area contributed by atoms with Gasteiger partial charge in [0, 0.05) is 0 Å². The first-order chi connectivity index (χ1) is 16.0. The summed E-state index contributed by atoms with van der Waals surface area (Å²) in [7, 11) is 0. The van der Waals surface area contributed by atoms with Crippen molar-refractivity contribution in [1.29, 1.82) is 0 Å². The van der Waals surface area contributed by atoms with Gasteiger partial charge in [-0.3, -0.25) is 14.9 Å². The maximum Gasteiger partial charge on any atom is 0.433 e. The van der Waals surface area contributed by atoms with E-state index in [0.29, 0.717) is 5.56 Å². The number of amides is 1. The summed E-state index contributed by atoms with van der Waals surface area (Å²) in [6, 6.07) is 22.2. The molecule has 0 aliphatic rings. The van der Waals surface area contributed by atoms with Crippen molar-refractivity contribution in [3.8, 4) is 5.75 Å². The summed E-state index contributed by atoms with van der Waals surface area (Å²) in [5.74, 6) is -1.81. The summed E-state index contributed by atoms with van der Waals surface area (Å²) >= 11 is 0. The first kappa shape index (κ1) is 21.4. The molecule has 1 N–H and O–H groups in total. The number of nitrogens with one attached hydrogen (secondary N) is 1. The van der Waals surface area contributed by atoms with E-state index in [-0.39, 0.29) is 23.8 Å². The highest BCUT2D eigenvalue weighted by atomic mass is 16.7. The minimum atomic E-state index is -0.874. The van der Waals surface area contributed by atoms with Crippen LogP contribution in [0, 0.1) is 10.1 Å². The predicted molar refractivity (Wildman–Crippen MR) is 120 cm³/mol. The van der Waals surface area contributed by atoms with Gasteiger partial charge >= 0.3 is 11.9 Å². The largest absolute Gasteiger partial charge is 0.433 e. The summed E-state index contributed by atoms with van der Waals surface area (Å²) in [5, 5.41) is 16.7. The zero-order chi connectivity index (χ0) is 23.2. The highest BCUT2D eigenvalue weighted by molar-refractivity contribution is 5.91. The fraction of sp³-hybridized carbons (Fsp3) is 0.0417. The van der Waals surface area contributed by atoms with Gasteiger partial charge in [-0.25, -0.2) is 10.2 Å². The summed E-state index contributed by atoms with van der Waals surface area (Å²) < 4.78 is 10.0. The number of fused-ring (bicyclic) bond motifs is 1. The minimum Gasteiger partial charge on any atom is -0.421 e. The van der Waals surface area contributed by atoms with Crippen LogP contribution in [0.2, 0.25) is 0 Å². The van der Waals surface area contributed by atoms with Gasteiger partial charge in [-0.2, -0.15) is 5.10 Å². The van der Waals surface area contributed by atoms with E-state index in [1.165, 1.54) is 18.3 Å². The van der Waals surface area contributed by atoms with Crippen LogP contribution in [0.25, 0.3) is 10.8 Å². The van der Waals surface area contributed by atoms with E-state index in [4.69, 9.17) is 9.15 Å². The molecule has 1 aromatic heterocycles. The third-order valence-corrected chi connectivity index (χ3v) is 4.68. The van der Waals surface area contributed by atoms with Crippen LogP contribution in [0.5, 0.6) is 5.75 Å². The number of hydrazone groups is 1. The van der Waals surface area contributed by atoms with Crippen molar-refractivity contribution in [3.05, 3.63) is 106 Å². The van der Waals surface area contributed by atoms with Gasteiger partial charge in [-0.1, -0.05) is 54.6 Å². The Bertz CT molecular complexity index is 1370. The number of nitrogens with zero attached hydrogens (tertiary/aromatic N) is 2. The van der Waals surface area contributed by atoms with Crippen LogP contribution in [-0.2, 0) is 11.2 Å². The van der Waals surface area contributed by atoms with Crippen molar-refractivity contribution in [3.63, 3.8) is 0 Å². The molecule has 33 heavy (non-hydrogen) atoms. The average Bonchev–Trinajstić information content (AvgIpc) is 3.31. The Morgan fingerprint density at radius 1 is 1.03 bits per heavy atom. The van der Waals surface area contributed by atoms with Gasteiger partial charge in [-0.15, -0.1) is 0 Å². The molecule has 9 nitrogen and oxygen atoms in total. The number of nitro groups is 1. The van der Waals surface area contributed by atoms with Crippen LogP contribution < -0.4 is 10.2 Å². The first-order valence-corrected chi connectivity index (χ1v) is 9.84. The van der Waals surface area contributed by atoms with Gasteiger partial charge in [0.2, 0.25) is 11.7 Å². The molecule has 9 heteroatoms. The second-order valence-corrected chi connectivity index (χ2v) is 6.97. The van der Waals surface area contributed by atoms with E-state index < -0.39 is 16.8 Å². The lowest BCUT2D eigenvalue weighted by Crippen LogP contribution is -2.19. The summed E-state index contributed by atoms with van der Waals surface area (Å²) in [5.41, 5.74) is 3.95. The molecule has 0 spiro atoms. The van der Waals surface area contributed by atoms with E-state index in [0.717, 1.165) is 28.5 Å². The van der Waals surface area contributed by atoms with Gasteiger partial charge in [0.15, 0.2) is 0 Å². The zero-order valence-electron chi connectivity index (χ0n) is 17.1. The number of ether oxygens (including phenoxy) is 1.